The van der Waals surface area contributed by atoms with Crippen LogP contribution < -0.4 is 5.32 Å². The van der Waals surface area contributed by atoms with Gasteiger partial charge < -0.3 is 5.32 Å². The molecule has 0 aliphatic heterocycles. The third kappa shape index (κ3) is 2.86. The van der Waals surface area contributed by atoms with Gasteiger partial charge >= 0.3 is 0 Å². The molecule has 2 rings (SSSR count). The quantitative estimate of drug-likeness (QED) is 0.857. The average Bonchev–Trinajstić information content (AvgIpc) is 2.35. The lowest BCUT2D eigenvalue weighted by Crippen LogP contribution is -2.01. The Hall–Kier alpha value is -1.90. The van der Waals surface area contributed by atoms with Crippen LogP contribution in [-0.2, 0) is 6.54 Å². The van der Waals surface area contributed by atoms with Crippen molar-refractivity contribution >= 4 is 5.69 Å². The molecular formula is C15H15F2N. The molecule has 0 amide bonds. The smallest absolute Gasteiger partial charge is 0.160 e. The summed E-state index contributed by atoms with van der Waals surface area (Å²) in [6, 6.07) is 9.98. The van der Waals surface area contributed by atoms with E-state index in [4.69, 9.17) is 0 Å². The molecule has 18 heavy (non-hydrogen) atoms. The topological polar surface area (TPSA) is 12.0 Å². The van der Waals surface area contributed by atoms with E-state index in [1.807, 2.05) is 6.07 Å². The molecular weight excluding hydrogens is 232 g/mol. The fraction of sp³-hybridized carbons (Fsp3) is 0.200. The SMILES string of the molecule is Cc1ccc(CNc2ccc(F)c(F)c2)cc1C. The van der Waals surface area contributed by atoms with Crippen LogP contribution >= 0.6 is 0 Å². The van der Waals surface area contributed by atoms with Gasteiger partial charge in [-0.2, -0.15) is 0 Å². The van der Waals surface area contributed by atoms with Crippen LogP contribution in [0.4, 0.5) is 14.5 Å². The van der Waals surface area contributed by atoms with Gasteiger partial charge in [0.1, 0.15) is 0 Å². The van der Waals surface area contributed by atoms with E-state index >= 15 is 0 Å². The first-order valence-corrected chi connectivity index (χ1v) is 5.81. The van der Waals surface area contributed by atoms with Gasteiger partial charge in [0.2, 0.25) is 0 Å². The minimum Gasteiger partial charge on any atom is -0.381 e. The Morgan fingerprint density at radius 3 is 2.33 bits per heavy atom. The van der Waals surface area contributed by atoms with Crippen molar-refractivity contribution in [1.29, 1.82) is 0 Å². The normalized spacial score (nSPS) is 10.4. The minimum atomic E-state index is -0.833. The summed E-state index contributed by atoms with van der Waals surface area (Å²) in [4.78, 5) is 0. The van der Waals surface area contributed by atoms with E-state index in [0.29, 0.717) is 12.2 Å². The third-order valence-corrected chi connectivity index (χ3v) is 2.99. The molecule has 0 spiro atoms. The maximum absolute atomic E-state index is 13.0. The van der Waals surface area contributed by atoms with Crippen LogP contribution in [0.5, 0.6) is 0 Å². The summed E-state index contributed by atoms with van der Waals surface area (Å²) in [5.74, 6) is -1.66. The molecule has 3 heteroatoms. The van der Waals surface area contributed by atoms with Gasteiger partial charge in [0.25, 0.3) is 0 Å². The molecule has 0 unspecified atom stereocenters. The second-order valence-electron chi connectivity index (χ2n) is 4.40. The molecule has 0 atom stereocenters. The summed E-state index contributed by atoms with van der Waals surface area (Å²) < 4.78 is 25.8. The number of hydrogen-bond donors (Lipinski definition) is 1. The van der Waals surface area contributed by atoms with Crippen molar-refractivity contribution < 1.29 is 8.78 Å². The number of benzene rings is 2. The third-order valence-electron chi connectivity index (χ3n) is 2.99. The summed E-state index contributed by atoms with van der Waals surface area (Å²) in [5, 5.41) is 3.07. The Labute approximate surface area is 105 Å². The molecule has 1 N–H and O–H groups in total. The first-order valence-electron chi connectivity index (χ1n) is 5.81. The Kier molecular flexibility index (Phi) is 3.60. The van der Waals surface area contributed by atoms with Gasteiger partial charge in [0.15, 0.2) is 11.6 Å². The highest BCUT2D eigenvalue weighted by Crippen LogP contribution is 2.15. The summed E-state index contributed by atoms with van der Waals surface area (Å²) in [7, 11) is 0. The molecule has 0 fully saturated rings. The van der Waals surface area contributed by atoms with Crippen LogP contribution in [0, 0.1) is 25.5 Å². The highest BCUT2D eigenvalue weighted by molar-refractivity contribution is 5.44. The zero-order valence-electron chi connectivity index (χ0n) is 10.4. The Balaban J connectivity index is 2.06. The van der Waals surface area contributed by atoms with Gasteiger partial charge in [-0.3, -0.25) is 0 Å². The number of anilines is 1. The van der Waals surface area contributed by atoms with Crippen LogP contribution in [0.25, 0.3) is 0 Å². The van der Waals surface area contributed by atoms with Crippen LogP contribution in [0.2, 0.25) is 0 Å². The maximum Gasteiger partial charge on any atom is 0.160 e. The number of nitrogens with one attached hydrogen (secondary N) is 1. The second-order valence-corrected chi connectivity index (χ2v) is 4.40. The summed E-state index contributed by atoms with van der Waals surface area (Å²) in [5.41, 5.74) is 4.15. The van der Waals surface area contributed by atoms with Gasteiger partial charge in [-0.25, -0.2) is 8.78 Å². The fourth-order valence-corrected chi connectivity index (χ4v) is 1.72. The van der Waals surface area contributed by atoms with Gasteiger partial charge in [0.05, 0.1) is 0 Å². The predicted octanol–water partition coefficient (Wildman–Crippen LogP) is 4.19. The van der Waals surface area contributed by atoms with Gasteiger partial charge in [-0.05, 0) is 42.7 Å². The van der Waals surface area contributed by atoms with E-state index in [2.05, 4.69) is 31.3 Å². The van der Waals surface area contributed by atoms with Crippen molar-refractivity contribution in [3.05, 3.63) is 64.7 Å². The molecule has 0 aromatic heterocycles. The molecule has 0 saturated carbocycles. The molecule has 0 bridgehead atoms. The molecule has 1 nitrogen and oxygen atoms in total. The van der Waals surface area contributed by atoms with Gasteiger partial charge in [-0.1, -0.05) is 18.2 Å². The highest BCUT2D eigenvalue weighted by Gasteiger charge is 2.02. The van der Waals surface area contributed by atoms with E-state index in [9.17, 15) is 8.78 Å². The largest absolute Gasteiger partial charge is 0.381 e. The van der Waals surface area contributed by atoms with Crippen molar-refractivity contribution in [2.24, 2.45) is 0 Å². The van der Waals surface area contributed by atoms with Gasteiger partial charge in [-0.15, -0.1) is 0 Å². The lowest BCUT2D eigenvalue weighted by molar-refractivity contribution is 0.509. The Morgan fingerprint density at radius 2 is 1.67 bits per heavy atom. The molecule has 94 valence electrons. The number of hydrogen-bond acceptors (Lipinski definition) is 1. The van der Waals surface area contributed by atoms with Gasteiger partial charge in [0, 0.05) is 18.3 Å². The summed E-state index contributed by atoms with van der Waals surface area (Å²) in [6.07, 6.45) is 0. The highest BCUT2D eigenvalue weighted by atomic mass is 19.2. The number of halogens is 2. The van der Waals surface area contributed by atoms with Crippen molar-refractivity contribution in [2.75, 3.05) is 5.32 Å². The molecule has 2 aromatic rings. The zero-order valence-corrected chi connectivity index (χ0v) is 10.4. The molecule has 0 aliphatic rings. The van der Waals surface area contributed by atoms with Crippen molar-refractivity contribution in [2.45, 2.75) is 20.4 Å². The van der Waals surface area contributed by atoms with Crippen LogP contribution in [0.15, 0.2) is 36.4 Å². The number of rotatable bonds is 3. The lowest BCUT2D eigenvalue weighted by atomic mass is 10.1. The van der Waals surface area contributed by atoms with E-state index in [1.54, 1.807) is 0 Å². The van der Waals surface area contributed by atoms with Crippen LogP contribution in [-0.4, -0.2) is 0 Å². The predicted molar refractivity (Wildman–Crippen MR) is 69.6 cm³/mol. The zero-order chi connectivity index (χ0) is 13.1. The number of aryl methyl sites for hydroxylation is 2. The first kappa shape index (κ1) is 12.6. The van der Waals surface area contributed by atoms with E-state index < -0.39 is 11.6 Å². The molecule has 0 aliphatic carbocycles. The maximum atomic E-state index is 13.0. The second kappa shape index (κ2) is 5.17. The van der Waals surface area contributed by atoms with Crippen molar-refractivity contribution in [1.82, 2.24) is 0 Å². The van der Waals surface area contributed by atoms with Crippen molar-refractivity contribution in [3.63, 3.8) is 0 Å². The summed E-state index contributed by atoms with van der Waals surface area (Å²) >= 11 is 0. The van der Waals surface area contributed by atoms with E-state index in [1.165, 1.54) is 17.2 Å². The molecule has 0 radical (unpaired) electrons. The Bertz CT molecular complexity index is 513. The van der Waals surface area contributed by atoms with E-state index in [-0.39, 0.29) is 0 Å². The monoisotopic (exact) mass is 247 g/mol. The lowest BCUT2D eigenvalue weighted by Gasteiger charge is -2.08. The average molecular weight is 247 g/mol. The minimum absolute atomic E-state index is 0.576. The molecule has 0 saturated heterocycles. The molecule has 2 aromatic carbocycles. The molecule has 0 heterocycles. The van der Waals surface area contributed by atoms with Crippen molar-refractivity contribution in [3.8, 4) is 0 Å². The Morgan fingerprint density at radius 1 is 0.889 bits per heavy atom. The first-order chi connectivity index (χ1) is 8.56. The summed E-state index contributed by atoms with van der Waals surface area (Å²) in [6.45, 7) is 4.70. The van der Waals surface area contributed by atoms with Crippen LogP contribution in [0.3, 0.4) is 0 Å². The van der Waals surface area contributed by atoms with Crippen LogP contribution in [0.1, 0.15) is 16.7 Å². The standard InChI is InChI=1S/C15H15F2N/c1-10-3-4-12(7-11(10)2)9-18-13-5-6-14(16)15(17)8-13/h3-8,18H,9H2,1-2H3. The fourth-order valence-electron chi connectivity index (χ4n) is 1.72. The van der Waals surface area contributed by atoms with E-state index in [0.717, 1.165) is 17.7 Å².